The number of nitrogens with zero attached hydrogens (tertiary/aromatic N) is 2. The minimum Gasteiger partial charge on any atom is -0.444 e. The zero-order chi connectivity index (χ0) is 25.8. The maximum Gasteiger partial charge on any atom is 0.407 e. The second-order valence-electron chi connectivity index (χ2n) is 11.2. The number of allylic oxidation sites excluding steroid dienone is 1. The van der Waals surface area contributed by atoms with Crippen LogP contribution in [0, 0.1) is 0 Å². The number of carbonyl (C=O) groups is 2. The normalized spacial score (nSPS) is 16.7. The number of alkyl carbamates (subject to hydrolysis) is 1. The topological polar surface area (TPSA) is 120 Å². The van der Waals surface area contributed by atoms with Gasteiger partial charge in [0.25, 0.3) is 5.91 Å². The minimum absolute atomic E-state index is 0.0631. The molecule has 10 heteroatoms. The Bertz CT molecular complexity index is 1100. The largest absolute Gasteiger partial charge is 0.444 e. The number of nitrogens with two attached hydrogens (primary N) is 1. The summed E-state index contributed by atoms with van der Waals surface area (Å²) in [5.41, 5.74) is 4.76. The molecule has 4 N–H and O–H groups in total. The van der Waals surface area contributed by atoms with Crippen LogP contribution in [0.3, 0.4) is 0 Å². The first-order valence-electron chi connectivity index (χ1n) is 12.1. The van der Waals surface area contributed by atoms with Crippen LogP contribution in [-0.2, 0) is 16.2 Å². The molecule has 0 fully saturated rings. The Morgan fingerprint density at radius 1 is 1.29 bits per heavy atom. The van der Waals surface area contributed by atoms with Gasteiger partial charge in [-0.05, 0) is 63.3 Å². The van der Waals surface area contributed by atoms with E-state index in [1.165, 1.54) is 0 Å². The molecule has 0 bridgehead atoms. The molecule has 1 unspecified atom stereocenters. The Morgan fingerprint density at radius 3 is 2.69 bits per heavy atom. The molecular formula is C25H39N5O4Si. The van der Waals surface area contributed by atoms with Crippen molar-refractivity contribution in [3.63, 3.8) is 0 Å². The first-order valence-corrected chi connectivity index (χ1v) is 15.8. The molecule has 2 aromatic rings. The molecule has 1 atom stereocenters. The van der Waals surface area contributed by atoms with Gasteiger partial charge in [0.05, 0.1) is 5.56 Å². The van der Waals surface area contributed by atoms with Crippen molar-refractivity contribution in [2.45, 2.75) is 84.1 Å². The van der Waals surface area contributed by atoms with Crippen molar-refractivity contribution in [3.05, 3.63) is 35.7 Å². The summed E-state index contributed by atoms with van der Waals surface area (Å²) in [6.45, 7) is 13.4. The van der Waals surface area contributed by atoms with E-state index in [4.69, 9.17) is 15.3 Å². The summed E-state index contributed by atoms with van der Waals surface area (Å²) >= 11 is 0. The van der Waals surface area contributed by atoms with Gasteiger partial charge in [-0.1, -0.05) is 25.7 Å². The van der Waals surface area contributed by atoms with E-state index in [0.29, 0.717) is 31.0 Å². The van der Waals surface area contributed by atoms with Crippen LogP contribution in [0.5, 0.6) is 0 Å². The fourth-order valence-electron chi connectivity index (χ4n) is 4.10. The third-order valence-corrected chi connectivity index (χ3v) is 7.50. The Labute approximate surface area is 208 Å². The SMILES string of the molecule is CC(C)(C)OC(=O)NC1CCC=C(c2ccnc3c2c(C(=O)NN)cn3COCC[Si](C)(C)C)C1. The number of hydrazine groups is 1. The van der Waals surface area contributed by atoms with Crippen molar-refractivity contribution in [2.75, 3.05) is 6.61 Å². The number of amides is 2. The van der Waals surface area contributed by atoms with Crippen molar-refractivity contribution in [2.24, 2.45) is 5.84 Å². The fraction of sp³-hybridized carbons (Fsp3) is 0.560. The Kier molecular flexibility index (Phi) is 8.40. The number of carbonyl (C=O) groups excluding carboxylic acids is 2. The van der Waals surface area contributed by atoms with Crippen LogP contribution < -0.4 is 16.6 Å². The Hall–Kier alpha value is -2.69. The van der Waals surface area contributed by atoms with Gasteiger partial charge < -0.3 is 19.4 Å². The molecule has 192 valence electrons. The third kappa shape index (κ3) is 7.39. The lowest BCUT2D eigenvalue weighted by Gasteiger charge is -2.26. The summed E-state index contributed by atoms with van der Waals surface area (Å²) in [5, 5.41) is 3.71. The van der Waals surface area contributed by atoms with Crippen LogP contribution in [0.2, 0.25) is 25.7 Å². The van der Waals surface area contributed by atoms with Crippen molar-refractivity contribution in [1.82, 2.24) is 20.3 Å². The van der Waals surface area contributed by atoms with Gasteiger partial charge in [-0.2, -0.15) is 0 Å². The van der Waals surface area contributed by atoms with Crippen LogP contribution in [0.25, 0.3) is 16.6 Å². The molecule has 0 radical (unpaired) electrons. The summed E-state index contributed by atoms with van der Waals surface area (Å²) in [6.07, 6.45) is 7.48. The standard InChI is InChI=1S/C25H39N5O4Si/c1-25(2,3)34-24(32)28-18-9-7-8-17(14-18)19-10-11-27-22-21(19)20(23(31)29-26)15-30(22)16-33-12-13-35(4,5)6/h8,10-11,15,18H,7,9,12-14,16,26H2,1-6H3,(H,28,32)(H,29,31). The second kappa shape index (κ2) is 10.9. The van der Waals surface area contributed by atoms with Gasteiger partial charge in [0.15, 0.2) is 0 Å². The molecule has 1 aliphatic rings. The lowest BCUT2D eigenvalue weighted by Crippen LogP contribution is -2.39. The summed E-state index contributed by atoms with van der Waals surface area (Å²) in [4.78, 5) is 29.5. The van der Waals surface area contributed by atoms with E-state index in [1.807, 2.05) is 31.4 Å². The Morgan fingerprint density at radius 2 is 2.03 bits per heavy atom. The summed E-state index contributed by atoms with van der Waals surface area (Å²) in [7, 11) is -1.21. The molecule has 1 aliphatic carbocycles. The highest BCUT2D eigenvalue weighted by molar-refractivity contribution is 6.76. The first kappa shape index (κ1) is 26.9. The van der Waals surface area contributed by atoms with E-state index >= 15 is 0 Å². The van der Waals surface area contributed by atoms with E-state index in [-0.39, 0.29) is 11.9 Å². The van der Waals surface area contributed by atoms with Gasteiger partial charge in [-0.15, -0.1) is 0 Å². The number of rotatable bonds is 8. The van der Waals surface area contributed by atoms with E-state index in [9.17, 15) is 9.59 Å². The molecular weight excluding hydrogens is 462 g/mol. The molecule has 0 spiro atoms. The number of hydrogen-bond donors (Lipinski definition) is 3. The lowest BCUT2D eigenvalue weighted by molar-refractivity contribution is 0.0502. The van der Waals surface area contributed by atoms with E-state index in [1.54, 1.807) is 12.4 Å². The monoisotopic (exact) mass is 501 g/mol. The van der Waals surface area contributed by atoms with Gasteiger partial charge in [-0.3, -0.25) is 10.2 Å². The van der Waals surface area contributed by atoms with Crippen molar-refractivity contribution >= 4 is 36.7 Å². The molecule has 35 heavy (non-hydrogen) atoms. The Balaban J connectivity index is 1.87. The second-order valence-corrected chi connectivity index (χ2v) is 16.9. The molecule has 0 saturated carbocycles. The molecule has 2 amide bonds. The van der Waals surface area contributed by atoms with Crippen LogP contribution in [0.15, 0.2) is 24.5 Å². The molecule has 0 aromatic carbocycles. The average molecular weight is 502 g/mol. The van der Waals surface area contributed by atoms with Gasteiger partial charge in [0, 0.05) is 38.5 Å². The summed E-state index contributed by atoms with van der Waals surface area (Å²) < 4.78 is 13.2. The summed E-state index contributed by atoms with van der Waals surface area (Å²) in [6, 6.07) is 2.90. The molecule has 0 aliphatic heterocycles. The number of pyridine rings is 1. The van der Waals surface area contributed by atoms with E-state index < -0.39 is 19.8 Å². The fourth-order valence-corrected chi connectivity index (χ4v) is 4.86. The number of nitrogens with one attached hydrogen (secondary N) is 2. The van der Waals surface area contributed by atoms with Gasteiger partial charge in [-0.25, -0.2) is 15.6 Å². The van der Waals surface area contributed by atoms with E-state index in [2.05, 4.69) is 41.4 Å². The number of nitrogen functional groups attached to an aromatic ring is 1. The maximum atomic E-state index is 12.7. The van der Waals surface area contributed by atoms with Gasteiger partial charge in [0.2, 0.25) is 0 Å². The number of aromatic nitrogens is 2. The highest BCUT2D eigenvalue weighted by Crippen LogP contribution is 2.34. The molecule has 2 heterocycles. The zero-order valence-corrected chi connectivity index (χ0v) is 22.7. The third-order valence-electron chi connectivity index (χ3n) is 5.80. The number of ether oxygens (including phenoxy) is 2. The zero-order valence-electron chi connectivity index (χ0n) is 21.7. The molecule has 9 nitrogen and oxygen atoms in total. The minimum atomic E-state index is -1.21. The van der Waals surface area contributed by atoms with Crippen LogP contribution in [0.1, 0.15) is 56.0 Å². The van der Waals surface area contributed by atoms with Gasteiger partial charge >= 0.3 is 6.09 Å². The highest BCUT2D eigenvalue weighted by atomic mass is 28.3. The average Bonchev–Trinajstić information content (AvgIpc) is 3.13. The van der Waals surface area contributed by atoms with Crippen molar-refractivity contribution in [3.8, 4) is 0 Å². The molecule has 0 saturated heterocycles. The van der Waals surface area contributed by atoms with E-state index in [0.717, 1.165) is 35.4 Å². The smallest absolute Gasteiger partial charge is 0.407 e. The van der Waals surface area contributed by atoms with Crippen molar-refractivity contribution in [1.29, 1.82) is 0 Å². The summed E-state index contributed by atoms with van der Waals surface area (Å²) in [5.74, 6) is 5.11. The molecule has 2 aromatic heterocycles. The number of hydrogen-bond acceptors (Lipinski definition) is 6. The lowest BCUT2D eigenvalue weighted by atomic mass is 9.88. The quantitative estimate of drug-likeness (QED) is 0.162. The predicted molar refractivity (Wildman–Crippen MR) is 140 cm³/mol. The number of fused-ring (bicyclic) bond motifs is 1. The van der Waals surface area contributed by atoms with Crippen LogP contribution >= 0.6 is 0 Å². The van der Waals surface area contributed by atoms with Gasteiger partial charge in [0.1, 0.15) is 18.0 Å². The molecule has 3 rings (SSSR count). The highest BCUT2D eigenvalue weighted by Gasteiger charge is 2.25. The maximum absolute atomic E-state index is 12.7. The first-order chi connectivity index (χ1) is 16.4. The van der Waals surface area contributed by atoms with Crippen molar-refractivity contribution < 1.29 is 19.1 Å². The van der Waals surface area contributed by atoms with Crippen LogP contribution in [0.4, 0.5) is 4.79 Å². The predicted octanol–water partition coefficient (Wildman–Crippen LogP) is 4.41. The van der Waals surface area contributed by atoms with Crippen LogP contribution in [-0.4, -0.2) is 47.9 Å².